The molecule has 19 heavy (non-hydrogen) atoms. The van der Waals surface area contributed by atoms with Gasteiger partial charge in [-0.2, -0.15) is 0 Å². The van der Waals surface area contributed by atoms with Gasteiger partial charge < -0.3 is 10.6 Å². The number of sulfone groups is 1. The lowest BCUT2D eigenvalue weighted by molar-refractivity contribution is 0.568. The normalized spacial score (nSPS) is 24.2. The Morgan fingerprint density at radius 2 is 2.26 bits per heavy atom. The van der Waals surface area contributed by atoms with Crippen LogP contribution in [0.25, 0.3) is 0 Å². The van der Waals surface area contributed by atoms with Gasteiger partial charge in [-0.05, 0) is 25.5 Å². The summed E-state index contributed by atoms with van der Waals surface area (Å²) in [5, 5.41) is 0. The molecule has 0 radical (unpaired) electrons. The standard InChI is InChI=1S/C13H21N3O2S/c1-3-12(14)13-5-4-11(8-15-13)16-6-7-19(17,18)9-10(16)2/h4-5,8,10,12H,3,6-7,9,14H2,1-2H3/t10?,12-/m1/s1. The van der Waals surface area contributed by atoms with Gasteiger partial charge in [0.25, 0.3) is 0 Å². The van der Waals surface area contributed by atoms with E-state index in [1.165, 1.54) is 0 Å². The van der Waals surface area contributed by atoms with Gasteiger partial charge in [0.05, 0.1) is 29.1 Å². The second kappa shape index (κ2) is 5.46. The Labute approximate surface area is 114 Å². The summed E-state index contributed by atoms with van der Waals surface area (Å²) in [7, 11) is -2.88. The number of anilines is 1. The number of pyridine rings is 1. The average molecular weight is 283 g/mol. The zero-order chi connectivity index (χ0) is 14.0. The third-order valence-corrected chi connectivity index (χ3v) is 5.39. The number of nitrogens with zero attached hydrogens (tertiary/aromatic N) is 2. The van der Waals surface area contributed by atoms with Crippen molar-refractivity contribution >= 4 is 15.5 Å². The molecule has 0 saturated carbocycles. The van der Waals surface area contributed by atoms with Crippen molar-refractivity contribution in [3.05, 3.63) is 24.0 Å². The van der Waals surface area contributed by atoms with Crippen LogP contribution in [0.2, 0.25) is 0 Å². The predicted octanol–water partition coefficient (Wildman–Crippen LogP) is 1.11. The maximum absolute atomic E-state index is 11.6. The van der Waals surface area contributed by atoms with Gasteiger partial charge in [-0.15, -0.1) is 0 Å². The molecule has 6 heteroatoms. The Kier molecular flexibility index (Phi) is 4.10. The maximum Gasteiger partial charge on any atom is 0.154 e. The Balaban J connectivity index is 2.15. The van der Waals surface area contributed by atoms with Crippen molar-refractivity contribution < 1.29 is 8.42 Å². The Bertz CT molecular complexity index is 527. The highest BCUT2D eigenvalue weighted by molar-refractivity contribution is 7.91. The number of rotatable bonds is 3. The van der Waals surface area contributed by atoms with Gasteiger partial charge in [0.2, 0.25) is 0 Å². The summed E-state index contributed by atoms with van der Waals surface area (Å²) in [5.74, 6) is 0.427. The monoisotopic (exact) mass is 283 g/mol. The zero-order valence-electron chi connectivity index (χ0n) is 11.4. The highest BCUT2D eigenvalue weighted by Gasteiger charge is 2.28. The zero-order valence-corrected chi connectivity index (χ0v) is 12.2. The van der Waals surface area contributed by atoms with Crippen LogP contribution < -0.4 is 10.6 Å². The molecular formula is C13H21N3O2S. The summed E-state index contributed by atoms with van der Waals surface area (Å²) in [6, 6.07) is 3.87. The van der Waals surface area contributed by atoms with E-state index < -0.39 is 9.84 Å². The topological polar surface area (TPSA) is 76.3 Å². The fourth-order valence-corrected chi connectivity index (χ4v) is 3.93. The lowest BCUT2D eigenvalue weighted by atomic mass is 10.1. The first kappa shape index (κ1) is 14.3. The lowest BCUT2D eigenvalue weighted by Crippen LogP contribution is -2.47. The molecule has 2 N–H and O–H groups in total. The van der Waals surface area contributed by atoms with Crippen molar-refractivity contribution in [1.29, 1.82) is 0 Å². The van der Waals surface area contributed by atoms with E-state index in [2.05, 4.69) is 9.88 Å². The van der Waals surface area contributed by atoms with Crippen LogP contribution in [0, 0.1) is 0 Å². The summed E-state index contributed by atoms with van der Waals surface area (Å²) in [4.78, 5) is 6.47. The van der Waals surface area contributed by atoms with Gasteiger partial charge in [-0.25, -0.2) is 8.42 Å². The molecule has 0 aromatic carbocycles. The molecular weight excluding hydrogens is 262 g/mol. The van der Waals surface area contributed by atoms with Gasteiger partial charge in [0.15, 0.2) is 9.84 Å². The molecule has 1 unspecified atom stereocenters. The quantitative estimate of drug-likeness (QED) is 0.899. The molecule has 1 aliphatic heterocycles. The molecule has 0 bridgehead atoms. The highest BCUT2D eigenvalue weighted by atomic mass is 32.2. The van der Waals surface area contributed by atoms with Crippen molar-refractivity contribution in [1.82, 2.24) is 4.98 Å². The van der Waals surface area contributed by atoms with E-state index in [4.69, 9.17) is 5.73 Å². The molecule has 1 aromatic rings. The summed E-state index contributed by atoms with van der Waals surface area (Å²) >= 11 is 0. The molecule has 1 saturated heterocycles. The van der Waals surface area contributed by atoms with Gasteiger partial charge in [-0.3, -0.25) is 4.98 Å². The van der Waals surface area contributed by atoms with Crippen molar-refractivity contribution in [3.8, 4) is 0 Å². The van der Waals surface area contributed by atoms with Crippen molar-refractivity contribution in [2.24, 2.45) is 5.73 Å². The van der Waals surface area contributed by atoms with Crippen LogP contribution in [0.1, 0.15) is 32.0 Å². The molecule has 106 valence electrons. The molecule has 1 aromatic heterocycles. The Morgan fingerprint density at radius 3 is 2.79 bits per heavy atom. The molecule has 0 amide bonds. The lowest BCUT2D eigenvalue weighted by Gasteiger charge is -2.34. The minimum atomic E-state index is -2.88. The van der Waals surface area contributed by atoms with Crippen LogP contribution in [0.5, 0.6) is 0 Å². The number of nitrogens with two attached hydrogens (primary N) is 1. The van der Waals surface area contributed by atoms with E-state index in [0.717, 1.165) is 17.8 Å². The summed E-state index contributed by atoms with van der Waals surface area (Å²) < 4.78 is 23.1. The second-order valence-corrected chi connectivity index (χ2v) is 7.34. The van der Waals surface area contributed by atoms with Crippen LogP contribution in [-0.2, 0) is 9.84 Å². The van der Waals surface area contributed by atoms with Crippen LogP contribution in [0.4, 0.5) is 5.69 Å². The van der Waals surface area contributed by atoms with E-state index in [0.29, 0.717) is 6.54 Å². The summed E-state index contributed by atoms with van der Waals surface area (Å²) in [6.45, 7) is 4.49. The van der Waals surface area contributed by atoms with E-state index in [1.807, 2.05) is 26.0 Å². The minimum absolute atomic E-state index is 0.00810. The van der Waals surface area contributed by atoms with Crippen molar-refractivity contribution in [2.75, 3.05) is 23.0 Å². The van der Waals surface area contributed by atoms with Gasteiger partial charge in [0.1, 0.15) is 0 Å². The highest BCUT2D eigenvalue weighted by Crippen LogP contribution is 2.22. The largest absolute Gasteiger partial charge is 0.366 e. The van der Waals surface area contributed by atoms with E-state index >= 15 is 0 Å². The van der Waals surface area contributed by atoms with Crippen LogP contribution in [0.3, 0.4) is 0 Å². The molecule has 0 spiro atoms. The third-order valence-electron chi connectivity index (χ3n) is 3.59. The first-order valence-electron chi connectivity index (χ1n) is 6.61. The van der Waals surface area contributed by atoms with E-state index in [9.17, 15) is 8.42 Å². The predicted molar refractivity (Wildman–Crippen MR) is 76.9 cm³/mol. The molecule has 2 atom stereocenters. The van der Waals surface area contributed by atoms with Crippen molar-refractivity contribution in [2.45, 2.75) is 32.4 Å². The number of hydrogen-bond donors (Lipinski definition) is 1. The first-order chi connectivity index (χ1) is 8.93. The smallest absolute Gasteiger partial charge is 0.154 e. The van der Waals surface area contributed by atoms with Gasteiger partial charge in [-0.1, -0.05) is 6.92 Å². The third kappa shape index (κ3) is 3.25. The number of aromatic nitrogens is 1. The summed E-state index contributed by atoms with van der Waals surface area (Å²) in [5.41, 5.74) is 7.78. The van der Waals surface area contributed by atoms with Crippen LogP contribution in [-0.4, -0.2) is 37.5 Å². The molecule has 2 heterocycles. The molecule has 0 aliphatic carbocycles. The average Bonchev–Trinajstić information content (AvgIpc) is 2.37. The molecule has 2 rings (SSSR count). The first-order valence-corrected chi connectivity index (χ1v) is 8.43. The molecule has 1 aliphatic rings. The fraction of sp³-hybridized carbons (Fsp3) is 0.615. The summed E-state index contributed by atoms with van der Waals surface area (Å²) in [6.07, 6.45) is 2.64. The van der Waals surface area contributed by atoms with E-state index in [-0.39, 0.29) is 23.6 Å². The van der Waals surface area contributed by atoms with E-state index in [1.54, 1.807) is 6.20 Å². The van der Waals surface area contributed by atoms with Gasteiger partial charge >= 0.3 is 0 Å². The second-order valence-electron chi connectivity index (χ2n) is 5.11. The maximum atomic E-state index is 11.6. The molecule has 1 fully saturated rings. The van der Waals surface area contributed by atoms with Crippen molar-refractivity contribution in [3.63, 3.8) is 0 Å². The Morgan fingerprint density at radius 1 is 1.53 bits per heavy atom. The van der Waals surface area contributed by atoms with Gasteiger partial charge in [0, 0.05) is 18.6 Å². The van der Waals surface area contributed by atoms with Crippen LogP contribution >= 0.6 is 0 Å². The fourth-order valence-electron chi connectivity index (χ4n) is 2.38. The minimum Gasteiger partial charge on any atom is -0.366 e. The number of hydrogen-bond acceptors (Lipinski definition) is 5. The Hall–Kier alpha value is -1.14. The SMILES string of the molecule is CC[C@@H](N)c1ccc(N2CCS(=O)(=O)CC2C)cn1. The van der Waals surface area contributed by atoms with Crippen LogP contribution in [0.15, 0.2) is 18.3 Å². The molecule has 5 nitrogen and oxygen atoms in total.